The van der Waals surface area contributed by atoms with Gasteiger partial charge < -0.3 is 14.6 Å². The maximum absolute atomic E-state index is 12.4. The largest absolute Gasteiger partial charge is 0.507 e. The lowest BCUT2D eigenvalue weighted by Gasteiger charge is -2.12. The highest BCUT2D eigenvalue weighted by molar-refractivity contribution is 9.10. The van der Waals surface area contributed by atoms with Crippen LogP contribution in [-0.4, -0.2) is 42.8 Å². The number of hydrogen-bond acceptors (Lipinski definition) is 6. The second-order valence-electron chi connectivity index (χ2n) is 6.82. The van der Waals surface area contributed by atoms with Gasteiger partial charge in [0, 0.05) is 29.8 Å². The van der Waals surface area contributed by atoms with E-state index in [-0.39, 0.29) is 30.0 Å². The fraction of sp³-hybridized carbons (Fsp3) is 0.318. The quantitative estimate of drug-likeness (QED) is 0.347. The first-order chi connectivity index (χ1) is 13.8. The SMILES string of the molecule is COCC(=O)C(Cc1ccc(OC(=O)C(C)C)cc1)N=Cc1cc(Br)ccc1O. The van der Waals surface area contributed by atoms with Gasteiger partial charge in [0.15, 0.2) is 5.78 Å². The van der Waals surface area contributed by atoms with E-state index in [2.05, 4.69) is 20.9 Å². The number of esters is 1. The number of aromatic hydroxyl groups is 1. The minimum atomic E-state index is -0.669. The molecule has 7 heteroatoms. The van der Waals surface area contributed by atoms with Crippen LogP contribution < -0.4 is 4.74 Å². The maximum Gasteiger partial charge on any atom is 0.313 e. The van der Waals surface area contributed by atoms with E-state index in [1.54, 1.807) is 56.3 Å². The zero-order valence-corrected chi connectivity index (χ0v) is 18.2. The number of aliphatic imine (C=N–C) groups is 1. The Hall–Kier alpha value is -2.51. The summed E-state index contributed by atoms with van der Waals surface area (Å²) in [5.41, 5.74) is 1.37. The first-order valence-corrected chi connectivity index (χ1v) is 9.93. The summed E-state index contributed by atoms with van der Waals surface area (Å²) in [6, 6.07) is 11.3. The number of halogens is 1. The van der Waals surface area contributed by atoms with E-state index in [1.807, 2.05) is 0 Å². The number of carbonyl (C=O) groups excluding carboxylic acids is 2. The van der Waals surface area contributed by atoms with E-state index in [9.17, 15) is 14.7 Å². The van der Waals surface area contributed by atoms with Gasteiger partial charge in [0.05, 0.1) is 5.92 Å². The zero-order valence-electron chi connectivity index (χ0n) is 16.6. The molecule has 0 heterocycles. The van der Waals surface area contributed by atoms with Crippen molar-refractivity contribution in [1.29, 1.82) is 0 Å². The van der Waals surface area contributed by atoms with Gasteiger partial charge in [0.25, 0.3) is 0 Å². The number of nitrogens with zero attached hydrogens (tertiary/aromatic N) is 1. The molecule has 154 valence electrons. The number of methoxy groups -OCH3 is 1. The van der Waals surface area contributed by atoms with Crippen molar-refractivity contribution in [3.05, 3.63) is 58.1 Å². The monoisotopic (exact) mass is 461 g/mol. The summed E-state index contributed by atoms with van der Waals surface area (Å²) in [4.78, 5) is 28.5. The Labute approximate surface area is 178 Å². The van der Waals surface area contributed by atoms with Crippen molar-refractivity contribution >= 4 is 33.9 Å². The second kappa shape index (κ2) is 10.9. The van der Waals surface area contributed by atoms with Crippen LogP contribution in [0.5, 0.6) is 11.5 Å². The lowest BCUT2D eigenvalue weighted by atomic mass is 10.0. The van der Waals surface area contributed by atoms with E-state index in [1.165, 1.54) is 13.3 Å². The van der Waals surface area contributed by atoms with Crippen LogP contribution in [0.1, 0.15) is 25.0 Å². The van der Waals surface area contributed by atoms with Gasteiger partial charge in [-0.3, -0.25) is 14.6 Å². The molecular formula is C22H24BrNO5. The highest BCUT2D eigenvalue weighted by Crippen LogP contribution is 2.21. The van der Waals surface area contributed by atoms with E-state index in [4.69, 9.17) is 9.47 Å². The molecule has 0 aliphatic heterocycles. The Bertz CT molecular complexity index is 877. The molecular weight excluding hydrogens is 438 g/mol. The molecule has 0 fully saturated rings. The molecule has 0 spiro atoms. The Kier molecular flexibility index (Phi) is 8.54. The lowest BCUT2D eigenvalue weighted by molar-refractivity contribution is -0.137. The van der Waals surface area contributed by atoms with Crippen molar-refractivity contribution < 1.29 is 24.2 Å². The van der Waals surface area contributed by atoms with Gasteiger partial charge in [0.1, 0.15) is 24.1 Å². The molecule has 0 aromatic heterocycles. The summed E-state index contributed by atoms with van der Waals surface area (Å²) >= 11 is 3.35. The third-order valence-corrected chi connectivity index (χ3v) is 4.58. The number of rotatable bonds is 9. The number of benzene rings is 2. The summed E-state index contributed by atoms with van der Waals surface area (Å²) in [7, 11) is 1.46. The Morgan fingerprint density at radius 3 is 2.48 bits per heavy atom. The van der Waals surface area contributed by atoms with Crippen molar-refractivity contribution in [2.45, 2.75) is 26.3 Å². The summed E-state index contributed by atoms with van der Waals surface area (Å²) in [5, 5.41) is 9.96. The normalized spacial score (nSPS) is 12.3. The molecule has 0 saturated carbocycles. The molecule has 0 aliphatic carbocycles. The molecule has 0 radical (unpaired) electrons. The van der Waals surface area contributed by atoms with Gasteiger partial charge in [-0.25, -0.2) is 0 Å². The van der Waals surface area contributed by atoms with Gasteiger partial charge in [-0.2, -0.15) is 0 Å². The van der Waals surface area contributed by atoms with Crippen molar-refractivity contribution in [1.82, 2.24) is 0 Å². The van der Waals surface area contributed by atoms with Crippen molar-refractivity contribution in [2.75, 3.05) is 13.7 Å². The van der Waals surface area contributed by atoms with Crippen LogP contribution in [0, 0.1) is 5.92 Å². The molecule has 0 bridgehead atoms. The topological polar surface area (TPSA) is 85.2 Å². The third kappa shape index (κ3) is 7.11. The van der Waals surface area contributed by atoms with Crippen LogP contribution in [0.25, 0.3) is 0 Å². The molecule has 29 heavy (non-hydrogen) atoms. The minimum Gasteiger partial charge on any atom is -0.507 e. The highest BCUT2D eigenvalue weighted by Gasteiger charge is 2.18. The molecule has 1 N–H and O–H groups in total. The fourth-order valence-corrected chi connectivity index (χ4v) is 2.82. The minimum absolute atomic E-state index is 0.0590. The van der Waals surface area contributed by atoms with Crippen LogP contribution in [-0.2, 0) is 20.7 Å². The molecule has 2 aromatic rings. The van der Waals surface area contributed by atoms with E-state index >= 15 is 0 Å². The third-order valence-electron chi connectivity index (χ3n) is 4.08. The summed E-state index contributed by atoms with van der Waals surface area (Å²) < 4.78 is 11.0. The van der Waals surface area contributed by atoms with Crippen molar-refractivity contribution in [3.63, 3.8) is 0 Å². The second-order valence-corrected chi connectivity index (χ2v) is 7.74. The Morgan fingerprint density at radius 2 is 1.86 bits per heavy atom. The Morgan fingerprint density at radius 1 is 1.17 bits per heavy atom. The van der Waals surface area contributed by atoms with E-state index < -0.39 is 6.04 Å². The number of ketones is 1. The number of phenolic OH excluding ortho intramolecular Hbond substituents is 1. The van der Waals surface area contributed by atoms with Gasteiger partial charge in [-0.15, -0.1) is 0 Å². The number of Topliss-reactive ketones (excluding diaryl/α,β-unsaturated/α-hetero) is 1. The predicted molar refractivity (Wildman–Crippen MR) is 115 cm³/mol. The Balaban J connectivity index is 2.16. The smallest absolute Gasteiger partial charge is 0.313 e. The van der Waals surface area contributed by atoms with Crippen molar-refractivity contribution in [2.24, 2.45) is 10.9 Å². The number of hydrogen-bond donors (Lipinski definition) is 1. The molecule has 0 saturated heterocycles. The first kappa shape index (κ1) is 22.8. The average Bonchev–Trinajstić information content (AvgIpc) is 2.68. The zero-order chi connectivity index (χ0) is 21.4. The fourth-order valence-electron chi connectivity index (χ4n) is 2.44. The molecule has 2 aromatic carbocycles. The standard InChI is InChI=1S/C22H24BrNO5/c1-14(2)22(27)29-18-7-4-15(5-8-18)10-19(21(26)13-28-3)24-12-16-11-17(23)6-9-20(16)25/h4-9,11-12,14,19,25H,10,13H2,1-3H3. The first-order valence-electron chi connectivity index (χ1n) is 9.14. The molecule has 0 aliphatic rings. The highest BCUT2D eigenvalue weighted by atomic mass is 79.9. The molecule has 2 rings (SSSR count). The lowest BCUT2D eigenvalue weighted by Crippen LogP contribution is -2.25. The van der Waals surface area contributed by atoms with Gasteiger partial charge in [-0.05, 0) is 35.9 Å². The molecule has 1 atom stereocenters. The predicted octanol–water partition coefficient (Wildman–Crippen LogP) is 3.96. The average molecular weight is 462 g/mol. The van der Waals surface area contributed by atoms with Crippen LogP contribution >= 0.6 is 15.9 Å². The van der Waals surface area contributed by atoms with Gasteiger partial charge in [-0.1, -0.05) is 41.9 Å². The summed E-state index contributed by atoms with van der Waals surface area (Å²) in [6.45, 7) is 3.48. The molecule has 0 amide bonds. The van der Waals surface area contributed by atoms with Crippen LogP contribution in [0.2, 0.25) is 0 Å². The maximum atomic E-state index is 12.4. The van der Waals surface area contributed by atoms with E-state index in [0.29, 0.717) is 17.7 Å². The number of phenols is 1. The van der Waals surface area contributed by atoms with Crippen LogP contribution in [0.4, 0.5) is 0 Å². The van der Waals surface area contributed by atoms with Gasteiger partial charge in [0.2, 0.25) is 0 Å². The van der Waals surface area contributed by atoms with E-state index in [0.717, 1.165) is 10.0 Å². The number of ether oxygens (including phenoxy) is 2. The summed E-state index contributed by atoms with van der Waals surface area (Å²) in [6.07, 6.45) is 1.84. The van der Waals surface area contributed by atoms with Crippen LogP contribution in [0.15, 0.2) is 51.9 Å². The number of carbonyl (C=O) groups is 2. The molecule has 1 unspecified atom stereocenters. The summed E-state index contributed by atoms with van der Waals surface area (Å²) in [5.74, 6) is -0.159. The van der Waals surface area contributed by atoms with Crippen LogP contribution in [0.3, 0.4) is 0 Å². The molecule has 6 nitrogen and oxygen atoms in total. The van der Waals surface area contributed by atoms with Crippen molar-refractivity contribution in [3.8, 4) is 11.5 Å². The van der Waals surface area contributed by atoms with Gasteiger partial charge >= 0.3 is 5.97 Å².